The Labute approximate surface area is 68.7 Å². The molecule has 0 aliphatic heterocycles. The summed E-state index contributed by atoms with van der Waals surface area (Å²) < 4.78 is 21.3. The zero-order chi connectivity index (χ0) is 9.14. The average molecular weight is 191 g/mol. The molecule has 8 heteroatoms. The highest BCUT2D eigenvalue weighted by molar-refractivity contribution is 7.71. The van der Waals surface area contributed by atoms with Crippen LogP contribution in [0.5, 0.6) is 0 Å². The minimum atomic E-state index is -2.60. The first kappa shape index (κ1) is 8.65. The molecule has 0 amide bonds. The first-order valence-electron chi connectivity index (χ1n) is 2.89. The Bertz CT molecular complexity index is 360. The maximum atomic E-state index is 10.2. The van der Waals surface area contributed by atoms with Crippen LogP contribution in [0.15, 0.2) is 12.3 Å². The summed E-state index contributed by atoms with van der Waals surface area (Å²) in [5, 5.41) is 13.5. The Hall–Kier alpha value is -1.44. The fraction of sp³-hybridized carbons (Fsp3) is 0.250. The van der Waals surface area contributed by atoms with Crippen molar-refractivity contribution >= 4 is 16.5 Å². The molecule has 66 valence electrons. The highest BCUT2D eigenvalue weighted by Gasteiger charge is 2.10. The standard InChI is InChI=1S/C4H5N3O4S/c8-7(9)4-1-2-6(5-4)3-12(10)11/h1-2,12H,3H2. The molecule has 0 atom stereocenters. The fourth-order valence-electron chi connectivity index (χ4n) is 0.645. The molecule has 0 aromatic carbocycles. The van der Waals surface area contributed by atoms with Crippen molar-refractivity contribution in [3.63, 3.8) is 0 Å². The maximum Gasteiger partial charge on any atom is 0.389 e. The maximum absolute atomic E-state index is 10.2. The van der Waals surface area contributed by atoms with Crippen molar-refractivity contribution in [2.75, 3.05) is 0 Å². The summed E-state index contributed by atoms with van der Waals surface area (Å²) in [4.78, 5) is 9.39. The summed E-state index contributed by atoms with van der Waals surface area (Å²) >= 11 is 0. The molecule has 0 N–H and O–H groups in total. The summed E-state index contributed by atoms with van der Waals surface area (Å²) in [6.45, 7) is 0. The monoisotopic (exact) mass is 191 g/mol. The van der Waals surface area contributed by atoms with E-state index >= 15 is 0 Å². The van der Waals surface area contributed by atoms with Crippen LogP contribution in [0.25, 0.3) is 0 Å². The number of nitrogens with zero attached hydrogens (tertiary/aromatic N) is 3. The fourth-order valence-corrected chi connectivity index (χ4v) is 1.04. The van der Waals surface area contributed by atoms with Gasteiger partial charge in [0.25, 0.3) is 0 Å². The molecule has 0 spiro atoms. The van der Waals surface area contributed by atoms with Crippen LogP contribution in [0, 0.1) is 10.1 Å². The van der Waals surface area contributed by atoms with Crippen LogP contribution in [-0.4, -0.2) is 23.1 Å². The van der Waals surface area contributed by atoms with Crippen molar-refractivity contribution in [1.82, 2.24) is 9.78 Å². The van der Waals surface area contributed by atoms with Crippen molar-refractivity contribution in [3.05, 3.63) is 22.4 Å². The van der Waals surface area contributed by atoms with Crippen molar-refractivity contribution in [2.45, 2.75) is 5.88 Å². The lowest BCUT2D eigenvalue weighted by atomic mass is 10.7. The molecule has 0 aliphatic carbocycles. The van der Waals surface area contributed by atoms with E-state index in [1.807, 2.05) is 0 Å². The van der Waals surface area contributed by atoms with E-state index in [0.717, 1.165) is 10.7 Å². The predicted molar refractivity (Wildman–Crippen MR) is 39.2 cm³/mol. The molecule has 0 saturated heterocycles. The zero-order valence-corrected chi connectivity index (χ0v) is 6.68. The van der Waals surface area contributed by atoms with Gasteiger partial charge in [-0.25, -0.2) is 8.42 Å². The minimum Gasteiger partial charge on any atom is -0.358 e. The van der Waals surface area contributed by atoms with Gasteiger partial charge in [0.1, 0.15) is 0 Å². The van der Waals surface area contributed by atoms with Crippen LogP contribution < -0.4 is 0 Å². The lowest BCUT2D eigenvalue weighted by Gasteiger charge is -1.84. The van der Waals surface area contributed by atoms with Crippen molar-refractivity contribution in [3.8, 4) is 0 Å². The minimum absolute atomic E-state index is 0.330. The van der Waals surface area contributed by atoms with Gasteiger partial charge in [-0.3, -0.25) is 0 Å². The third kappa shape index (κ3) is 2.02. The number of aromatic nitrogens is 2. The summed E-state index contributed by atoms with van der Waals surface area (Å²) in [5.41, 5.74) is 0. The van der Waals surface area contributed by atoms with Crippen LogP contribution in [0.2, 0.25) is 0 Å². The van der Waals surface area contributed by atoms with Crippen LogP contribution in [0.4, 0.5) is 5.82 Å². The second-order valence-corrected chi connectivity index (χ2v) is 2.89. The van der Waals surface area contributed by atoms with Gasteiger partial charge in [-0.15, -0.1) is 0 Å². The number of hydrogen-bond acceptors (Lipinski definition) is 5. The molecule has 1 heterocycles. The predicted octanol–water partition coefficient (Wildman–Crippen LogP) is -0.640. The van der Waals surface area contributed by atoms with E-state index < -0.39 is 15.6 Å². The van der Waals surface area contributed by atoms with E-state index in [-0.39, 0.29) is 11.7 Å². The summed E-state index contributed by atoms with van der Waals surface area (Å²) in [6, 6.07) is 1.14. The first-order chi connectivity index (χ1) is 5.59. The van der Waals surface area contributed by atoms with Gasteiger partial charge in [0.05, 0.1) is 17.4 Å². The molecule has 0 unspecified atom stereocenters. The summed E-state index contributed by atoms with van der Waals surface area (Å²) in [7, 11) is -2.60. The third-order valence-corrected chi connectivity index (χ3v) is 1.59. The molecule has 0 radical (unpaired) electrons. The van der Waals surface area contributed by atoms with Gasteiger partial charge in [0.15, 0.2) is 16.6 Å². The smallest absolute Gasteiger partial charge is 0.358 e. The van der Waals surface area contributed by atoms with Crippen molar-refractivity contribution in [1.29, 1.82) is 0 Å². The van der Waals surface area contributed by atoms with Gasteiger partial charge in [0.2, 0.25) is 0 Å². The quantitative estimate of drug-likeness (QED) is 0.389. The Morgan fingerprint density at radius 2 is 2.33 bits per heavy atom. The van der Waals surface area contributed by atoms with Crippen LogP contribution in [0.1, 0.15) is 0 Å². The van der Waals surface area contributed by atoms with Gasteiger partial charge < -0.3 is 10.1 Å². The molecule has 7 nitrogen and oxygen atoms in total. The summed E-state index contributed by atoms with van der Waals surface area (Å²) in [5.74, 6) is -0.685. The number of thiol groups is 1. The molecule has 1 rings (SSSR count). The topological polar surface area (TPSA) is 95.1 Å². The third-order valence-electron chi connectivity index (χ3n) is 1.07. The summed E-state index contributed by atoms with van der Waals surface area (Å²) in [6.07, 6.45) is 1.24. The SMILES string of the molecule is O=[N+]([O-])c1ccn(C[SH](=O)=O)n1. The molecule has 12 heavy (non-hydrogen) atoms. The van der Waals surface area contributed by atoms with E-state index in [2.05, 4.69) is 5.10 Å². The van der Waals surface area contributed by atoms with Crippen LogP contribution >= 0.6 is 0 Å². The number of rotatable bonds is 3. The second-order valence-electron chi connectivity index (χ2n) is 1.94. The van der Waals surface area contributed by atoms with Crippen molar-refractivity contribution < 1.29 is 13.3 Å². The molecular weight excluding hydrogens is 186 g/mol. The first-order valence-corrected chi connectivity index (χ1v) is 4.25. The van der Waals surface area contributed by atoms with Gasteiger partial charge in [-0.05, 0) is 4.92 Å². The van der Waals surface area contributed by atoms with Crippen molar-refractivity contribution in [2.24, 2.45) is 0 Å². The van der Waals surface area contributed by atoms with Gasteiger partial charge in [-0.1, -0.05) is 0 Å². The van der Waals surface area contributed by atoms with Crippen LogP contribution in [0.3, 0.4) is 0 Å². The molecule has 0 fully saturated rings. The largest absolute Gasteiger partial charge is 0.389 e. The van der Waals surface area contributed by atoms with E-state index in [9.17, 15) is 18.5 Å². The normalized spacial score (nSPS) is 10.4. The molecule has 1 aromatic heterocycles. The van der Waals surface area contributed by atoms with Crippen LogP contribution in [-0.2, 0) is 16.6 Å². The van der Waals surface area contributed by atoms with E-state index in [0.29, 0.717) is 0 Å². The number of nitro groups is 1. The van der Waals surface area contributed by atoms with E-state index in [1.165, 1.54) is 6.20 Å². The molecule has 1 aromatic rings. The second kappa shape index (κ2) is 3.30. The van der Waals surface area contributed by atoms with Gasteiger partial charge in [0, 0.05) is 0 Å². The molecule has 0 saturated carbocycles. The van der Waals surface area contributed by atoms with Gasteiger partial charge >= 0.3 is 5.82 Å². The lowest BCUT2D eigenvalue weighted by molar-refractivity contribution is -0.389. The van der Waals surface area contributed by atoms with Gasteiger partial charge in [-0.2, -0.15) is 4.68 Å². The highest BCUT2D eigenvalue weighted by Crippen LogP contribution is 2.04. The Balaban J connectivity index is 2.84. The lowest BCUT2D eigenvalue weighted by Crippen LogP contribution is -2.00. The molecule has 0 aliphatic rings. The Morgan fingerprint density at radius 3 is 2.75 bits per heavy atom. The molecule has 0 bridgehead atoms. The van der Waals surface area contributed by atoms with E-state index in [1.54, 1.807) is 0 Å². The highest BCUT2D eigenvalue weighted by atomic mass is 32.2. The Kier molecular flexibility index (Phi) is 2.38. The Morgan fingerprint density at radius 1 is 1.67 bits per heavy atom. The average Bonchev–Trinajstić information content (AvgIpc) is 2.34. The van der Waals surface area contributed by atoms with E-state index in [4.69, 9.17) is 0 Å². The zero-order valence-electron chi connectivity index (χ0n) is 5.78. The molecular formula is C4H5N3O4S. The number of hydrogen-bond donors (Lipinski definition) is 1.